The molecule has 0 saturated carbocycles. The van der Waals surface area contributed by atoms with Crippen molar-refractivity contribution in [1.82, 2.24) is 4.98 Å². The summed E-state index contributed by atoms with van der Waals surface area (Å²) in [6.45, 7) is 5.90. The van der Waals surface area contributed by atoms with Crippen LogP contribution < -0.4 is 5.73 Å². The molecule has 0 unspecified atom stereocenters. The van der Waals surface area contributed by atoms with Gasteiger partial charge >= 0.3 is 5.97 Å². The predicted octanol–water partition coefficient (Wildman–Crippen LogP) is 1.76. The Balaban J connectivity index is 3.13. The summed E-state index contributed by atoms with van der Waals surface area (Å²) in [6, 6.07) is 3.40. The molecule has 0 fully saturated rings. The van der Waals surface area contributed by atoms with Gasteiger partial charge in [-0.05, 0) is 17.9 Å². The maximum atomic E-state index is 11.3. The van der Waals surface area contributed by atoms with Gasteiger partial charge in [0.25, 0.3) is 0 Å². The van der Waals surface area contributed by atoms with Crippen molar-refractivity contribution < 1.29 is 9.90 Å². The van der Waals surface area contributed by atoms with E-state index in [1.165, 1.54) is 6.20 Å². The van der Waals surface area contributed by atoms with Gasteiger partial charge < -0.3 is 10.8 Å². The number of carboxylic acids is 1. The highest BCUT2D eigenvalue weighted by molar-refractivity contribution is 5.80. The monoisotopic (exact) mass is 222 g/mol. The number of carboxylic acid groups (broad SMARTS) is 1. The third-order valence-electron chi connectivity index (χ3n) is 2.37. The largest absolute Gasteiger partial charge is 0.480 e. The van der Waals surface area contributed by atoms with E-state index in [0.29, 0.717) is 12.0 Å². The molecule has 1 heterocycles. The van der Waals surface area contributed by atoms with E-state index in [0.717, 1.165) is 0 Å². The molecule has 0 bridgehead atoms. The third kappa shape index (κ3) is 2.79. The molecule has 0 aromatic carbocycles. The van der Waals surface area contributed by atoms with Gasteiger partial charge in [0, 0.05) is 18.0 Å². The maximum absolute atomic E-state index is 11.3. The van der Waals surface area contributed by atoms with Crippen LogP contribution in [0.1, 0.15) is 32.8 Å². The smallest absolute Gasteiger partial charge is 0.328 e. The van der Waals surface area contributed by atoms with E-state index < -0.39 is 11.5 Å². The first-order valence-electron chi connectivity index (χ1n) is 5.18. The highest BCUT2D eigenvalue weighted by atomic mass is 16.4. The molecule has 0 aliphatic carbocycles. The maximum Gasteiger partial charge on any atom is 0.328 e. The molecule has 1 aromatic rings. The molecular formula is C12H18N2O2. The molecular weight excluding hydrogens is 204 g/mol. The molecule has 0 aliphatic heterocycles. The molecule has 0 saturated heterocycles. The van der Waals surface area contributed by atoms with Crippen molar-refractivity contribution in [3.63, 3.8) is 0 Å². The molecule has 4 heteroatoms. The van der Waals surface area contributed by atoms with E-state index >= 15 is 0 Å². The number of aromatic nitrogens is 1. The predicted molar refractivity (Wildman–Crippen MR) is 61.8 cm³/mol. The lowest BCUT2D eigenvalue weighted by Crippen LogP contribution is -2.47. The van der Waals surface area contributed by atoms with Crippen molar-refractivity contribution in [2.75, 3.05) is 0 Å². The fourth-order valence-corrected chi connectivity index (χ4v) is 1.76. The van der Waals surface area contributed by atoms with Gasteiger partial charge in [-0.15, -0.1) is 0 Å². The van der Waals surface area contributed by atoms with Gasteiger partial charge in [-0.1, -0.05) is 26.8 Å². The number of nitrogens with two attached hydrogens (primary N) is 1. The highest BCUT2D eigenvalue weighted by Crippen LogP contribution is 2.32. The molecule has 0 radical (unpaired) electrons. The zero-order chi connectivity index (χ0) is 12.4. The van der Waals surface area contributed by atoms with Gasteiger partial charge in [0.05, 0.1) is 0 Å². The van der Waals surface area contributed by atoms with Crippen LogP contribution in [0.5, 0.6) is 0 Å². The van der Waals surface area contributed by atoms with Crippen LogP contribution >= 0.6 is 0 Å². The van der Waals surface area contributed by atoms with Crippen molar-refractivity contribution in [2.24, 2.45) is 11.1 Å². The summed E-state index contributed by atoms with van der Waals surface area (Å²) in [5.41, 5.74) is 5.02. The number of hydrogen-bond acceptors (Lipinski definition) is 3. The second-order valence-electron chi connectivity index (χ2n) is 5.26. The summed E-state index contributed by atoms with van der Waals surface area (Å²) in [7, 11) is 0. The van der Waals surface area contributed by atoms with Gasteiger partial charge in [-0.25, -0.2) is 4.79 Å². The van der Waals surface area contributed by atoms with Crippen LogP contribution in [0.2, 0.25) is 0 Å². The summed E-state index contributed by atoms with van der Waals surface area (Å²) in [5, 5.41) is 9.30. The van der Waals surface area contributed by atoms with Crippen molar-refractivity contribution in [3.8, 4) is 0 Å². The summed E-state index contributed by atoms with van der Waals surface area (Å²) < 4.78 is 0. The fraction of sp³-hybridized carbons (Fsp3) is 0.500. The molecule has 4 nitrogen and oxygen atoms in total. The molecule has 1 aromatic heterocycles. The van der Waals surface area contributed by atoms with Gasteiger partial charge in [-0.2, -0.15) is 0 Å². The lowest BCUT2D eigenvalue weighted by Gasteiger charge is -2.31. The minimum atomic E-state index is -1.37. The minimum absolute atomic E-state index is 0.164. The highest BCUT2D eigenvalue weighted by Gasteiger charge is 2.39. The summed E-state index contributed by atoms with van der Waals surface area (Å²) in [6.07, 6.45) is 3.48. The van der Waals surface area contributed by atoms with Crippen molar-refractivity contribution in [2.45, 2.75) is 32.7 Å². The van der Waals surface area contributed by atoms with Crippen LogP contribution in [0.4, 0.5) is 0 Å². The van der Waals surface area contributed by atoms with Crippen LogP contribution in [-0.4, -0.2) is 16.1 Å². The summed E-state index contributed by atoms with van der Waals surface area (Å²) >= 11 is 0. The molecule has 1 rings (SSSR count). The van der Waals surface area contributed by atoms with Crippen LogP contribution in [-0.2, 0) is 10.3 Å². The average Bonchev–Trinajstić information content (AvgIpc) is 2.16. The number of rotatable bonds is 3. The first-order chi connectivity index (χ1) is 7.26. The number of hydrogen-bond donors (Lipinski definition) is 2. The minimum Gasteiger partial charge on any atom is -0.480 e. The second kappa shape index (κ2) is 4.22. The lowest BCUT2D eigenvalue weighted by atomic mass is 9.77. The molecule has 16 heavy (non-hydrogen) atoms. The summed E-state index contributed by atoms with van der Waals surface area (Å²) in [5.74, 6) is -1.02. The Morgan fingerprint density at radius 2 is 2.12 bits per heavy atom. The van der Waals surface area contributed by atoms with E-state index in [4.69, 9.17) is 5.73 Å². The van der Waals surface area contributed by atoms with Crippen molar-refractivity contribution in [3.05, 3.63) is 30.1 Å². The van der Waals surface area contributed by atoms with Crippen LogP contribution in [0, 0.1) is 5.41 Å². The quantitative estimate of drug-likeness (QED) is 0.817. The molecule has 88 valence electrons. The molecule has 0 aliphatic rings. The van der Waals surface area contributed by atoms with E-state index in [-0.39, 0.29) is 5.41 Å². The lowest BCUT2D eigenvalue weighted by molar-refractivity contribution is -0.145. The molecule has 0 spiro atoms. The number of pyridine rings is 1. The number of nitrogens with zero attached hydrogens (tertiary/aromatic N) is 1. The van der Waals surface area contributed by atoms with Crippen molar-refractivity contribution in [1.29, 1.82) is 0 Å². The van der Waals surface area contributed by atoms with Crippen LogP contribution in [0.25, 0.3) is 0 Å². The fourth-order valence-electron chi connectivity index (χ4n) is 1.76. The first kappa shape index (κ1) is 12.6. The average molecular weight is 222 g/mol. The Bertz CT molecular complexity index is 370. The van der Waals surface area contributed by atoms with Gasteiger partial charge in [0.1, 0.15) is 5.54 Å². The van der Waals surface area contributed by atoms with E-state index in [1.54, 1.807) is 18.3 Å². The normalized spacial score (nSPS) is 15.5. The summed E-state index contributed by atoms with van der Waals surface area (Å²) in [4.78, 5) is 15.3. The number of carbonyl (C=O) groups is 1. The van der Waals surface area contributed by atoms with Crippen molar-refractivity contribution >= 4 is 5.97 Å². The van der Waals surface area contributed by atoms with Gasteiger partial charge in [-0.3, -0.25) is 4.98 Å². The molecule has 0 amide bonds. The zero-order valence-corrected chi connectivity index (χ0v) is 9.90. The van der Waals surface area contributed by atoms with E-state index in [9.17, 15) is 9.90 Å². The van der Waals surface area contributed by atoms with E-state index in [2.05, 4.69) is 4.98 Å². The SMILES string of the molecule is CC(C)(C)C[C@](N)(C(=O)O)c1cccnc1. The van der Waals surface area contributed by atoms with Gasteiger partial charge in [0.2, 0.25) is 0 Å². The van der Waals surface area contributed by atoms with E-state index in [1.807, 2.05) is 20.8 Å². The Morgan fingerprint density at radius 3 is 2.50 bits per heavy atom. The third-order valence-corrected chi connectivity index (χ3v) is 2.37. The van der Waals surface area contributed by atoms with Gasteiger partial charge in [0.15, 0.2) is 0 Å². The van der Waals surface area contributed by atoms with Crippen LogP contribution in [0.3, 0.4) is 0 Å². The topological polar surface area (TPSA) is 76.2 Å². The van der Waals surface area contributed by atoms with Crippen LogP contribution in [0.15, 0.2) is 24.5 Å². The number of aliphatic carboxylic acids is 1. The first-order valence-corrected chi connectivity index (χ1v) is 5.18. The Morgan fingerprint density at radius 1 is 1.50 bits per heavy atom. The standard InChI is InChI=1S/C12H18N2O2/c1-11(2,3)8-12(13,10(15)16)9-5-4-6-14-7-9/h4-7H,8,13H2,1-3H3,(H,15,16)/t12-/m1/s1. The second-order valence-corrected chi connectivity index (χ2v) is 5.26. The Hall–Kier alpha value is -1.42. The Kier molecular flexibility index (Phi) is 3.33. The zero-order valence-electron chi connectivity index (χ0n) is 9.90. The molecule has 3 N–H and O–H groups in total. The Labute approximate surface area is 95.5 Å². The molecule has 1 atom stereocenters.